The Bertz CT molecular complexity index is 1520. The highest BCUT2D eigenvalue weighted by molar-refractivity contribution is 7.22. The molecule has 0 radical (unpaired) electrons. The smallest absolute Gasteiger partial charge is 0.287 e. The van der Waals surface area contributed by atoms with Crippen molar-refractivity contribution in [3.05, 3.63) is 97.3 Å². The number of nitrogens with one attached hydrogen (secondary N) is 1. The molecular formula is C26H20Cl2N4O4S. The topological polar surface area (TPSA) is 95.8 Å². The van der Waals surface area contributed by atoms with Crippen LogP contribution < -0.4 is 10.2 Å². The molecule has 3 aromatic carbocycles. The maximum absolute atomic E-state index is 13.2. The molecule has 1 aromatic heterocycles. The Morgan fingerprint density at radius 1 is 0.919 bits per heavy atom. The molecule has 11 heteroatoms. The van der Waals surface area contributed by atoms with Crippen molar-refractivity contribution >= 4 is 73.5 Å². The van der Waals surface area contributed by atoms with Crippen LogP contribution in [0, 0.1) is 10.1 Å². The molecule has 0 aliphatic carbocycles. The molecule has 37 heavy (non-hydrogen) atoms. The molecule has 0 bridgehead atoms. The number of nitro benzene ring substituents is 1. The highest BCUT2D eigenvalue weighted by atomic mass is 35.5. The second-order valence-corrected chi connectivity index (χ2v) is 10.2. The minimum atomic E-state index is -0.483. The quantitative estimate of drug-likeness (QED) is 0.229. The molecule has 188 valence electrons. The van der Waals surface area contributed by atoms with Crippen molar-refractivity contribution in [2.45, 2.75) is 0 Å². The molecule has 2 amide bonds. The van der Waals surface area contributed by atoms with E-state index in [-0.39, 0.29) is 21.5 Å². The van der Waals surface area contributed by atoms with Crippen LogP contribution in [0.5, 0.6) is 0 Å². The van der Waals surface area contributed by atoms with Crippen LogP contribution in [0.3, 0.4) is 0 Å². The van der Waals surface area contributed by atoms with Gasteiger partial charge in [0.15, 0.2) is 0 Å². The number of hydrogen-bond donors (Lipinski definition) is 1. The van der Waals surface area contributed by atoms with Gasteiger partial charge in [-0.1, -0.05) is 47.5 Å². The number of nitrogens with zero attached hydrogens (tertiary/aromatic N) is 3. The van der Waals surface area contributed by atoms with Crippen LogP contribution >= 0.6 is 34.5 Å². The molecule has 1 fully saturated rings. The van der Waals surface area contributed by atoms with E-state index in [1.165, 1.54) is 6.07 Å². The summed E-state index contributed by atoms with van der Waals surface area (Å²) >= 11 is 13.4. The van der Waals surface area contributed by atoms with Crippen molar-refractivity contribution < 1.29 is 14.5 Å². The lowest BCUT2D eigenvalue weighted by atomic mass is 10.1. The Morgan fingerprint density at radius 3 is 2.32 bits per heavy atom. The first-order chi connectivity index (χ1) is 17.8. The minimum absolute atomic E-state index is 0.0496. The lowest BCUT2D eigenvalue weighted by Gasteiger charge is -2.37. The van der Waals surface area contributed by atoms with Gasteiger partial charge in [0.1, 0.15) is 9.58 Å². The zero-order valence-corrected chi connectivity index (χ0v) is 21.6. The summed E-state index contributed by atoms with van der Waals surface area (Å²) in [6.07, 6.45) is 0. The summed E-state index contributed by atoms with van der Waals surface area (Å²) in [6.45, 7) is 2.22. The number of carbonyl (C=O) groups is 2. The van der Waals surface area contributed by atoms with Crippen molar-refractivity contribution in [1.82, 2.24) is 4.90 Å². The Balaban J connectivity index is 1.32. The average Bonchev–Trinajstić information content (AvgIpc) is 3.25. The van der Waals surface area contributed by atoms with Gasteiger partial charge in [-0.25, -0.2) is 0 Å². The summed E-state index contributed by atoms with van der Waals surface area (Å²) in [7, 11) is 0. The Kier molecular flexibility index (Phi) is 7.01. The van der Waals surface area contributed by atoms with Gasteiger partial charge >= 0.3 is 0 Å². The van der Waals surface area contributed by atoms with E-state index in [0.29, 0.717) is 52.5 Å². The number of thiophene rings is 1. The first-order valence-corrected chi connectivity index (χ1v) is 13.0. The molecule has 8 nitrogen and oxygen atoms in total. The number of anilines is 2. The molecule has 0 unspecified atom stereocenters. The number of hydrogen-bond acceptors (Lipinski definition) is 6. The number of nitro groups is 1. The van der Waals surface area contributed by atoms with Gasteiger partial charge in [0.25, 0.3) is 17.5 Å². The van der Waals surface area contributed by atoms with E-state index >= 15 is 0 Å². The monoisotopic (exact) mass is 554 g/mol. The molecule has 1 aliphatic rings. The Labute approximate surface area is 226 Å². The van der Waals surface area contributed by atoms with Gasteiger partial charge in [0.2, 0.25) is 0 Å². The van der Waals surface area contributed by atoms with Gasteiger partial charge in [0.05, 0.1) is 21.3 Å². The number of piperazine rings is 1. The second-order valence-electron chi connectivity index (χ2n) is 8.41. The number of benzene rings is 3. The summed E-state index contributed by atoms with van der Waals surface area (Å²) in [5.74, 6) is -0.490. The fraction of sp³-hybridized carbons (Fsp3) is 0.154. The van der Waals surface area contributed by atoms with Gasteiger partial charge < -0.3 is 15.1 Å². The maximum Gasteiger partial charge on any atom is 0.287 e. The second kappa shape index (κ2) is 10.4. The molecule has 2 heterocycles. The van der Waals surface area contributed by atoms with Gasteiger partial charge in [-0.05, 0) is 36.4 Å². The van der Waals surface area contributed by atoms with Gasteiger partial charge in [-0.15, -0.1) is 11.3 Å². The normalized spacial score (nSPS) is 13.6. The fourth-order valence-electron chi connectivity index (χ4n) is 4.32. The third-order valence-corrected chi connectivity index (χ3v) is 8.17. The third kappa shape index (κ3) is 4.98. The third-order valence-electron chi connectivity index (χ3n) is 6.19. The van der Waals surface area contributed by atoms with Crippen LogP contribution in [-0.2, 0) is 0 Å². The van der Waals surface area contributed by atoms with Crippen LogP contribution in [-0.4, -0.2) is 47.8 Å². The predicted molar refractivity (Wildman–Crippen MR) is 147 cm³/mol. The van der Waals surface area contributed by atoms with Crippen molar-refractivity contribution in [2.24, 2.45) is 0 Å². The lowest BCUT2D eigenvalue weighted by molar-refractivity contribution is -0.382. The summed E-state index contributed by atoms with van der Waals surface area (Å²) in [5.41, 5.74) is 1.91. The largest absolute Gasteiger partial charge is 0.366 e. The lowest BCUT2D eigenvalue weighted by Crippen LogP contribution is -2.49. The zero-order valence-electron chi connectivity index (χ0n) is 19.3. The van der Waals surface area contributed by atoms with E-state index in [1.54, 1.807) is 47.4 Å². The van der Waals surface area contributed by atoms with Crippen molar-refractivity contribution in [1.29, 1.82) is 0 Å². The van der Waals surface area contributed by atoms with Crippen molar-refractivity contribution in [3.63, 3.8) is 0 Å². The van der Waals surface area contributed by atoms with E-state index in [9.17, 15) is 19.7 Å². The number of non-ortho nitro benzene ring substituents is 1. The molecule has 1 N–H and O–H groups in total. The standard InChI is InChI=1S/C26H20Cl2N4O4S/c27-17-10-8-16(9-11-17)26(34)31-14-12-30(13-15-31)20-6-2-1-5-19(20)29-25(33)24-22(28)18-4-3-7-21(32(35)36)23(18)37-24/h1-11H,12-15H2,(H,29,33). The Hall–Kier alpha value is -3.66. The summed E-state index contributed by atoms with van der Waals surface area (Å²) in [6, 6.07) is 18.8. The molecule has 0 spiro atoms. The van der Waals surface area contributed by atoms with E-state index in [2.05, 4.69) is 10.2 Å². The van der Waals surface area contributed by atoms with E-state index in [1.807, 2.05) is 18.2 Å². The SMILES string of the molecule is O=C(Nc1ccccc1N1CCN(C(=O)c2ccc(Cl)cc2)CC1)c1sc2c([N+](=O)[O-])cccc2c1Cl. The number of para-hydroxylation sites is 2. The highest BCUT2D eigenvalue weighted by Crippen LogP contribution is 2.40. The molecule has 1 saturated heterocycles. The van der Waals surface area contributed by atoms with Gasteiger partial charge in [-0.3, -0.25) is 19.7 Å². The maximum atomic E-state index is 13.2. The Morgan fingerprint density at radius 2 is 1.62 bits per heavy atom. The predicted octanol–water partition coefficient (Wildman–Crippen LogP) is 6.33. The number of halogens is 2. The number of amides is 2. The molecular weight excluding hydrogens is 535 g/mol. The summed E-state index contributed by atoms with van der Waals surface area (Å²) in [4.78, 5) is 41.1. The van der Waals surface area contributed by atoms with E-state index in [4.69, 9.17) is 23.2 Å². The van der Waals surface area contributed by atoms with Crippen LogP contribution in [0.25, 0.3) is 10.1 Å². The molecule has 5 rings (SSSR count). The van der Waals surface area contributed by atoms with Gasteiger partial charge in [-0.2, -0.15) is 0 Å². The minimum Gasteiger partial charge on any atom is -0.366 e. The molecule has 1 aliphatic heterocycles. The molecule has 0 saturated carbocycles. The number of rotatable bonds is 5. The van der Waals surface area contributed by atoms with Crippen LogP contribution in [0.2, 0.25) is 10.0 Å². The average molecular weight is 555 g/mol. The first-order valence-electron chi connectivity index (χ1n) is 11.4. The number of carbonyl (C=O) groups excluding carboxylic acids is 2. The van der Waals surface area contributed by atoms with Crippen LogP contribution in [0.15, 0.2) is 66.7 Å². The van der Waals surface area contributed by atoms with Gasteiger partial charge in [0, 0.05) is 48.2 Å². The summed E-state index contributed by atoms with van der Waals surface area (Å²) < 4.78 is 0.359. The summed E-state index contributed by atoms with van der Waals surface area (Å²) in [5, 5.41) is 15.6. The van der Waals surface area contributed by atoms with Crippen LogP contribution in [0.1, 0.15) is 20.0 Å². The van der Waals surface area contributed by atoms with E-state index < -0.39 is 10.8 Å². The highest BCUT2D eigenvalue weighted by Gasteiger charge is 2.26. The molecule has 0 atom stereocenters. The van der Waals surface area contributed by atoms with E-state index in [0.717, 1.165) is 17.0 Å². The first kappa shape index (κ1) is 25.0. The fourth-order valence-corrected chi connectivity index (χ4v) is 5.94. The van der Waals surface area contributed by atoms with Crippen molar-refractivity contribution in [3.8, 4) is 0 Å². The number of fused-ring (bicyclic) bond motifs is 1. The van der Waals surface area contributed by atoms with Crippen LogP contribution in [0.4, 0.5) is 17.1 Å². The molecule has 4 aromatic rings. The zero-order chi connectivity index (χ0) is 26.1. The van der Waals surface area contributed by atoms with Crippen molar-refractivity contribution in [2.75, 3.05) is 36.4 Å².